The molecule has 0 aliphatic heterocycles. The molecule has 0 amide bonds. The topological polar surface area (TPSA) is 48.3 Å². The van der Waals surface area contributed by atoms with Crippen molar-refractivity contribution in [3.8, 4) is 0 Å². The molecule has 3 aromatic rings. The number of furan rings is 1. The van der Waals surface area contributed by atoms with Crippen LogP contribution in [0.15, 0.2) is 44.0 Å². The number of halogens is 2. The molecule has 0 aliphatic carbocycles. The Morgan fingerprint density at radius 1 is 1.26 bits per heavy atom. The van der Waals surface area contributed by atoms with E-state index in [0.717, 1.165) is 11.1 Å². The third-order valence-corrected chi connectivity index (χ3v) is 4.14. The van der Waals surface area contributed by atoms with E-state index in [-0.39, 0.29) is 10.6 Å². The molecular weight excluding hydrogens is 334 g/mol. The predicted octanol–water partition coefficient (Wildman–Crippen LogP) is 3.86. The number of fused-ring (bicyclic) bond motifs is 1. The van der Waals surface area contributed by atoms with E-state index in [2.05, 4.69) is 15.9 Å². The van der Waals surface area contributed by atoms with Gasteiger partial charge in [-0.05, 0) is 41.4 Å². The van der Waals surface area contributed by atoms with Gasteiger partial charge in [0.15, 0.2) is 10.8 Å². The molecule has 1 atom stereocenters. The van der Waals surface area contributed by atoms with Gasteiger partial charge in [-0.3, -0.25) is 4.57 Å². The zero-order valence-electron chi connectivity index (χ0n) is 9.89. The van der Waals surface area contributed by atoms with E-state index in [9.17, 15) is 4.79 Å². The third-order valence-electron chi connectivity index (χ3n) is 2.95. The van der Waals surface area contributed by atoms with Crippen molar-refractivity contribution in [3.63, 3.8) is 0 Å². The molecule has 0 saturated carbocycles. The van der Waals surface area contributed by atoms with Crippen molar-refractivity contribution >= 4 is 38.6 Å². The molecular formula is C13H9BrClNO3. The van der Waals surface area contributed by atoms with Gasteiger partial charge in [0.05, 0.1) is 10.3 Å². The van der Waals surface area contributed by atoms with Gasteiger partial charge >= 0.3 is 5.76 Å². The number of aromatic nitrogens is 1. The second-order valence-corrected chi connectivity index (χ2v) is 5.45. The van der Waals surface area contributed by atoms with E-state index in [1.807, 2.05) is 18.2 Å². The van der Waals surface area contributed by atoms with E-state index in [1.54, 1.807) is 19.2 Å². The summed E-state index contributed by atoms with van der Waals surface area (Å²) in [6, 6.07) is 9.05. The van der Waals surface area contributed by atoms with Crippen molar-refractivity contribution in [1.82, 2.24) is 4.57 Å². The Hall–Kier alpha value is -1.46. The molecule has 0 spiro atoms. The Kier molecular flexibility index (Phi) is 3.03. The quantitative estimate of drug-likeness (QED) is 0.664. The van der Waals surface area contributed by atoms with Gasteiger partial charge in [0.25, 0.3) is 0 Å². The zero-order chi connectivity index (χ0) is 13.6. The van der Waals surface area contributed by atoms with Crippen molar-refractivity contribution in [3.05, 3.63) is 57.4 Å². The molecule has 6 heteroatoms. The van der Waals surface area contributed by atoms with Gasteiger partial charge in [0.2, 0.25) is 0 Å². The lowest BCUT2D eigenvalue weighted by atomic mass is 10.1. The van der Waals surface area contributed by atoms with Crippen LogP contribution in [0.5, 0.6) is 0 Å². The van der Waals surface area contributed by atoms with Crippen molar-refractivity contribution in [2.75, 3.05) is 0 Å². The predicted molar refractivity (Wildman–Crippen MR) is 75.9 cm³/mol. The standard InChI is InChI=1S/C13H9BrClNO3/c1-16-8-3-2-7(6-10(8)19-13(16)17)12(14)9-4-5-11(15)18-9/h2-6,12H,1H3. The number of benzene rings is 1. The lowest BCUT2D eigenvalue weighted by Crippen LogP contribution is -2.08. The fourth-order valence-electron chi connectivity index (χ4n) is 1.94. The Bertz CT molecular complexity index is 802. The number of aryl methyl sites for hydroxylation is 1. The second-order valence-electron chi connectivity index (χ2n) is 4.16. The zero-order valence-corrected chi connectivity index (χ0v) is 12.2. The highest BCUT2D eigenvalue weighted by molar-refractivity contribution is 9.09. The number of alkyl halides is 1. The van der Waals surface area contributed by atoms with Crippen molar-refractivity contribution < 1.29 is 8.83 Å². The smallest absolute Gasteiger partial charge is 0.419 e. The lowest BCUT2D eigenvalue weighted by Gasteiger charge is -2.06. The maximum atomic E-state index is 11.4. The first kappa shape index (κ1) is 12.6. The summed E-state index contributed by atoms with van der Waals surface area (Å²) in [5.74, 6) is 0.321. The summed E-state index contributed by atoms with van der Waals surface area (Å²) < 4.78 is 12.0. The summed E-state index contributed by atoms with van der Waals surface area (Å²) in [6.45, 7) is 0. The van der Waals surface area contributed by atoms with Crippen LogP contribution in [0.4, 0.5) is 0 Å². The molecule has 0 bridgehead atoms. The second kappa shape index (κ2) is 4.58. The van der Waals surface area contributed by atoms with Crippen LogP contribution in [0.25, 0.3) is 11.1 Å². The maximum Gasteiger partial charge on any atom is 0.419 e. The molecule has 0 aliphatic rings. The summed E-state index contributed by atoms with van der Waals surface area (Å²) in [7, 11) is 1.67. The van der Waals surface area contributed by atoms with Crippen LogP contribution < -0.4 is 5.76 Å². The molecule has 1 aromatic carbocycles. The molecule has 4 nitrogen and oxygen atoms in total. The minimum Gasteiger partial charge on any atom is -0.448 e. The van der Waals surface area contributed by atoms with Crippen LogP contribution >= 0.6 is 27.5 Å². The first-order valence-corrected chi connectivity index (χ1v) is 6.84. The molecule has 2 aromatic heterocycles. The molecule has 19 heavy (non-hydrogen) atoms. The molecule has 1 unspecified atom stereocenters. The van der Waals surface area contributed by atoms with Crippen LogP contribution in [0, 0.1) is 0 Å². The summed E-state index contributed by atoms with van der Waals surface area (Å²) >= 11 is 9.30. The minimum atomic E-state index is -0.376. The van der Waals surface area contributed by atoms with E-state index in [4.69, 9.17) is 20.4 Å². The van der Waals surface area contributed by atoms with E-state index in [1.165, 1.54) is 4.57 Å². The van der Waals surface area contributed by atoms with E-state index >= 15 is 0 Å². The Labute approximate surface area is 121 Å². The van der Waals surface area contributed by atoms with Crippen molar-refractivity contribution in [2.45, 2.75) is 4.83 Å². The van der Waals surface area contributed by atoms with Gasteiger partial charge < -0.3 is 8.83 Å². The summed E-state index contributed by atoms with van der Waals surface area (Å²) in [4.78, 5) is 11.3. The van der Waals surface area contributed by atoms with Crippen LogP contribution in [-0.2, 0) is 7.05 Å². The van der Waals surface area contributed by atoms with Crippen LogP contribution in [0.2, 0.25) is 5.22 Å². The number of rotatable bonds is 2. The molecule has 98 valence electrons. The fraction of sp³-hybridized carbons (Fsp3) is 0.154. The van der Waals surface area contributed by atoms with Gasteiger partial charge in [-0.25, -0.2) is 4.79 Å². The van der Waals surface area contributed by atoms with Crippen LogP contribution in [0.1, 0.15) is 16.2 Å². The highest BCUT2D eigenvalue weighted by Crippen LogP contribution is 2.34. The number of nitrogens with zero attached hydrogens (tertiary/aromatic N) is 1. The van der Waals surface area contributed by atoms with Crippen LogP contribution in [-0.4, -0.2) is 4.57 Å². The van der Waals surface area contributed by atoms with Gasteiger partial charge in [-0.1, -0.05) is 22.0 Å². The first-order valence-electron chi connectivity index (χ1n) is 5.55. The summed E-state index contributed by atoms with van der Waals surface area (Å²) in [5, 5.41) is 0.340. The van der Waals surface area contributed by atoms with Crippen LogP contribution in [0.3, 0.4) is 0 Å². The van der Waals surface area contributed by atoms with Gasteiger partial charge in [0.1, 0.15) is 5.76 Å². The van der Waals surface area contributed by atoms with Crippen molar-refractivity contribution in [2.24, 2.45) is 7.05 Å². The number of hydrogen-bond acceptors (Lipinski definition) is 3. The Balaban J connectivity index is 2.08. The lowest BCUT2D eigenvalue weighted by molar-refractivity contribution is 0.520. The monoisotopic (exact) mass is 341 g/mol. The molecule has 0 saturated heterocycles. The maximum absolute atomic E-state index is 11.4. The number of oxazole rings is 1. The molecule has 0 fully saturated rings. The molecule has 2 heterocycles. The van der Waals surface area contributed by atoms with Crippen molar-refractivity contribution in [1.29, 1.82) is 0 Å². The fourth-order valence-corrected chi connectivity index (χ4v) is 2.62. The SMILES string of the molecule is Cn1c(=O)oc2cc(C(Br)c3ccc(Cl)o3)ccc21. The first-order chi connectivity index (χ1) is 9.06. The number of hydrogen-bond donors (Lipinski definition) is 0. The van der Waals surface area contributed by atoms with Gasteiger partial charge in [-0.2, -0.15) is 0 Å². The van der Waals surface area contributed by atoms with Gasteiger partial charge in [-0.15, -0.1) is 0 Å². The highest BCUT2D eigenvalue weighted by Gasteiger charge is 2.16. The molecule has 0 N–H and O–H groups in total. The summed E-state index contributed by atoms with van der Waals surface area (Å²) in [6.07, 6.45) is 0. The average Bonchev–Trinajstić information content (AvgIpc) is 2.94. The normalized spacial score (nSPS) is 13.0. The highest BCUT2D eigenvalue weighted by atomic mass is 79.9. The Morgan fingerprint density at radius 2 is 2.05 bits per heavy atom. The third kappa shape index (κ3) is 2.13. The molecule has 0 radical (unpaired) electrons. The summed E-state index contributed by atoms with van der Waals surface area (Å²) in [5.41, 5.74) is 2.23. The molecule has 3 rings (SSSR count). The Morgan fingerprint density at radius 3 is 2.74 bits per heavy atom. The largest absolute Gasteiger partial charge is 0.448 e. The van der Waals surface area contributed by atoms with E-state index in [0.29, 0.717) is 16.6 Å². The average molecular weight is 343 g/mol. The van der Waals surface area contributed by atoms with E-state index < -0.39 is 0 Å². The van der Waals surface area contributed by atoms with Gasteiger partial charge in [0, 0.05) is 7.05 Å². The minimum absolute atomic E-state index is 0.144.